The Morgan fingerprint density at radius 2 is 2.00 bits per heavy atom. The minimum atomic E-state index is -0.412. The molecule has 7 nitrogen and oxygen atoms in total. The van der Waals surface area contributed by atoms with Crippen molar-refractivity contribution in [3.05, 3.63) is 82.4 Å². The van der Waals surface area contributed by atoms with Gasteiger partial charge in [0.1, 0.15) is 10.6 Å². The Morgan fingerprint density at radius 1 is 1.19 bits per heavy atom. The topological polar surface area (TPSA) is 97.5 Å². The second-order valence-electron chi connectivity index (χ2n) is 7.40. The summed E-state index contributed by atoms with van der Waals surface area (Å²) in [7, 11) is 1.59. The Kier molecular flexibility index (Phi) is 6.51. The van der Waals surface area contributed by atoms with Crippen molar-refractivity contribution in [2.75, 3.05) is 25.9 Å². The number of rotatable bonds is 6. The van der Waals surface area contributed by atoms with Gasteiger partial charge in [-0.25, -0.2) is 0 Å². The van der Waals surface area contributed by atoms with Crippen molar-refractivity contribution in [1.82, 2.24) is 14.6 Å². The van der Waals surface area contributed by atoms with Crippen LogP contribution in [0.25, 0.3) is 5.57 Å². The maximum absolute atomic E-state index is 13.0. The van der Waals surface area contributed by atoms with Crippen molar-refractivity contribution in [3.63, 3.8) is 0 Å². The fourth-order valence-electron chi connectivity index (χ4n) is 3.58. The number of nitrogen functional groups attached to an aromatic ring is 1. The van der Waals surface area contributed by atoms with Gasteiger partial charge in [-0.2, -0.15) is 4.37 Å². The quantitative estimate of drug-likeness (QED) is 0.601. The van der Waals surface area contributed by atoms with E-state index in [0.717, 1.165) is 23.5 Å². The van der Waals surface area contributed by atoms with Gasteiger partial charge in [0.25, 0.3) is 11.8 Å². The molecule has 2 heterocycles. The number of benzene rings is 2. The van der Waals surface area contributed by atoms with Crippen molar-refractivity contribution in [2.45, 2.75) is 13.0 Å². The standard InChI is InChI=1S/C24H24N4O3S/c1-31-19-9-5-6-16(14-19)15-26-23(29)21-20(25)22(32-27-21)24(30)28-12-10-18(11-13-28)17-7-3-2-4-8-17/h2-10,14H,11-13,15,25H2,1H3,(H,26,29). The molecule has 3 N–H and O–H groups in total. The molecule has 4 rings (SSSR count). The number of hydrogen-bond acceptors (Lipinski definition) is 6. The van der Waals surface area contributed by atoms with Gasteiger partial charge in [-0.3, -0.25) is 9.59 Å². The normalized spacial score (nSPS) is 13.4. The van der Waals surface area contributed by atoms with Crippen LogP contribution in [0.3, 0.4) is 0 Å². The Morgan fingerprint density at radius 3 is 2.72 bits per heavy atom. The van der Waals surface area contributed by atoms with E-state index in [1.165, 1.54) is 11.1 Å². The molecule has 0 radical (unpaired) electrons. The molecule has 2 amide bonds. The van der Waals surface area contributed by atoms with Crippen LogP contribution in [0, 0.1) is 0 Å². The van der Waals surface area contributed by atoms with Crippen LogP contribution in [0.4, 0.5) is 5.69 Å². The number of nitrogens with zero attached hydrogens (tertiary/aromatic N) is 2. The van der Waals surface area contributed by atoms with Crippen LogP contribution < -0.4 is 15.8 Å². The number of carbonyl (C=O) groups is 2. The van der Waals surface area contributed by atoms with Gasteiger partial charge in [0.15, 0.2) is 5.69 Å². The third-order valence-corrected chi connectivity index (χ3v) is 6.22. The lowest BCUT2D eigenvalue weighted by Crippen LogP contribution is -2.34. The molecule has 1 aliphatic rings. The molecular formula is C24H24N4O3S. The number of ether oxygens (including phenoxy) is 1. The smallest absolute Gasteiger partial charge is 0.273 e. The molecule has 0 bridgehead atoms. The molecule has 0 fully saturated rings. The first-order valence-electron chi connectivity index (χ1n) is 10.3. The maximum Gasteiger partial charge on any atom is 0.273 e. The number of carbonyl (C=O) groups excluding carboxylic acids is 2. The predicted octanol–water partition coefficient (Wildman–Crippen LogP) is 3.59. The van der Waals surface area contributed by atoms with Crippen LogP contribution in [0.5, 0.6) is 5.75 Å². The molecule has 2 aromatic carbocycles. The maximum atomic E-state index is 13.0. The van der Waals surface area contributed by atoms with E-state index in [9.17, 15) is 9.59 Å². The highest BCUT2D eigenvalue weighted by Gasteiger charge is 2.26. The molecule has 8 heteroatoms. The largest absolute Gasteiger partial charge is 0.497 e. The van der Waals surface area contributed by atoms with Crippen molar-refractivity contribution < 1.29 is 14.3 Å². The van der Waals surface area contributed by atoms with Crippen LogP contribution in [0.15, 0.2) is 60.7 Å². The molecule has 0 saturated carbocycles. The van der Waals surface area contributed by atoms with E-state index in [1.807, 2.05) is 42.5 Å². The van der Waals surface area contributed by atoms with E-state index in [0.29, 0.717) is 30.3 Å². The van der Waals surface area contributed by atoms with Gasteiger partial charge in [-0.05, 0) is 46.8 Å². The van der Waals surface area contributed by atoms with Gasteiger partial charge >= 0.3 is 0 Å². The highest BCUT2D eigenvalue weighted by atomic mass is 32.1. The van der Waals surface area contributed by atoms with Gasteiger partial charge in [0, 0.05) is 19.6 Å². The second kappa shape index (κ2) is 9.65. The average Bonchev–Trinajstić information content (AvgIpc) is 3.24. The van der Waals surface area contributed by atoms with Crippen molar-refractivity contribution in [2.24, 2.45) is 0 Å². The number of hydrogen-bond donors (Lipinski definition) is 2. The molecule has 0 spiro atoms. The molecule has 3 aromatic rings. The SMILES string of the molecule is COc1cccc(CNC(=O)c2nsc(C(=O)N3CC=C(c4ccccc4)CC3)c2N)c1. The fourth-order valence-corrected chi connectivity index (χ4v) is 4.34. The first kappa shape index (κ1) is 21.6. The molecule has 1 aliphatic heterocycles. The number of anilines is 1. The highest BCUT2D eigenvalue weighted by molar-refractivity contribution is 7.09. The molecule has 0 unspecified atom stereocenters. The summed E-state index contributed by atoms with van der Waals surface area (Å²) in [5, 5.41) is 2.80. The molecule has 32 heavy (non-hydrogen) atoms. The minimum absolute atomic E-state index is 0.0822. The van der Waals surface area contributed by atoms with Crippen molar-refractivity contribution >= 4 is 34.6 Å². The van der Waals surface area contributed by atoms with Crippen molar-refractivity contribution in [1.29, 1.82) is 0 Å². The molecule has 1 aromatic heterocycles. The minimum Gasteiger partial charge on any atom is -0.497 e. The molecular weight excluding hydrogens is 424 g/mol. The molecule has 164 valence electrons. The van der Waals surface area contributed by atoms with E-state index in [2.05, 4.69) is 27.9 Å². The van der Waals surface area contributed by atoms with E-state index >= 15 is 0 Å². The van der Waals surface area contributed by atoms with Crippen LogP contribution >= 0.6 is 11.5 Å². The van der Waals surface area contributed by atoms with Gasteiger partial charge in [0.05, 0.1) is 12.8 Å². The zero-order valence-corrected chi connectivity index (χ0v) is 18.5. The summed E-state index contributed by atoms with van der Waals surface area (Å²) in [6.07, 6.45) is 2.83. The van der Waals surface area contributed by atoms with E-state index < -0.39 is 5.91 Å². The number of aromatic nitrogens is 1. The molecule has 0 atom stereocenters. The third kappa shape index (κ3) is 4.65. The van der Waals surface area contributed by atoms with Crippen LogP contribution in [-0.2, 0) is 6.54 Å². The summed E-state index contributed by atoms with van der Waals surface area (Å²) in [5.41, 5.74) is 9.64. The van der Waals surface area contributed by atoms with E-state index in [-0.39, 0.29) is 17.3 Å². The fraction of sp³-hybridized carbons (Fsp3) is 0.208. The zero-order chi connectivity index (χ0) is 22.5. The Bertz CT molecular complexity index is 1160. The number of nitrogens with one attached hydrogen (secondary N) is 1. The van der Waals surface area contributed by atoms with E-state index in [1.54, 1.807) is 12.0 Å². The summed E-state index contributed by atoms with van der Waals surface area (Å²) in [6, 6.07) is 17.6. The number of amides is 2. The lowest BCUT2D eigenvalue weighted by Gasteiger charge is -2.26. The van der Waals surface area contributed by atoms with Crippen LogP contribution in [0.2, 0.25) is 0 Å². The number of nitrogens with two attached hydrogens (primary N) is 1. The van der Waals surface area contributed by atoms with Crippen LogP contribution in [0.1, 0.15) is 37.7 Å². The lowest BCUT2D eigenvalue weighted by atomic mass is 9.99. The Hall–Kier alpha value is -3.65. The highest BCUT2D eigenvalue weighted by Crippen LogP contribution is 2.27. The first-order valence-corrected chi connectivity index (χ1v) is 11.0. The summed E-state index contributed by atoms with van der Waals surface area (Å²) >= 11 is 0.963. The van der Waals surface area contributed by atoms with Gasteiger partial charge in [0.2, 0.25) is 0 Å². The predicted molar refractivity (Wildman–Crippen MR) is 126 cm³/mol. The summed E-state index contributed by atoms with van der Waals surface area (Å²) in [5.74, 6) is 0.101. The molecule has 0 saturated heterocycles. The third-order valence-electron chi connectivity index (χ3n) is 5.37. The second-order valence-corrected chi connectivity index (χ2v) is 8.18. The van der Waals surface area contributed by atoms with Gasteiger partial charge in [-0.15, -0.1) is 0 Å². The van der Waals surface area contributed by atoms with Crippen molar-refractivity contribution in [3.8, 4) is 5.75 Å². The summed E-state index contributed by atoms with van der Waals surface area (Å²) in [6.45, 7) is 1.39. The molecule has 0 aliphatic carbocycles. The lowest BCUT2D eigenvalue weighted by molar-refractivity contribution is 0.0778. The van der Waals surface area contributed by atoms with Gasteiger partial charge in [-0.1, -0.05) is 48.5 Å². The monoisotopic (exact) mass is 448 g/mol. The number of methoxy groups -OCH3 is 1. The first-order chi connectivity index (χ1) is 15.6. The zero-order valence-electron chi connectivity index (χ0n) is 17.7. The Balaban J connectivity index is 1.40. The average molecular weight is 449 g/mol. The van der Waals surface area contributed by atoms with Crippen LogP contribution in [-0.4, -0.2) is 41.3 Å². The Labute approximate surface area is 190 Å². The van der Waals surface area contributed by atoms with E-state index in [4.69, 9.17) is 10.5 Å². The van der Waals surface area contributed by atoms with Gasteiger partial charge < -0.3 is 20.7 Å². The summed E-state index contributed by atoms with van der Waals surface area (Å²) in [4.78, 5) is 27.6. The summed E-state index contributed by atoms with van der Waals surface area (Å²) < 4.78 is 9.35.